The number of amides is 1. The van der Waals surface area contributed by atoms with Crippen LogP contribution >= 0.6 is 11.6 Å². The number of hydrogen-bond acceptors (Lipinski definition) is 5. The van der Waals surface area contributed by atoms with Gasteiger partial charge in [-0.3, -0.25) is 14.5 Å². The molecule has 0 radical (unpaired) electrons. The van der Waals surface area contributed by atoms with Gasteiger partial charge in [0.2, 0.25) is 0 Å². The number of nitrogens with zero attached hydrogens (tertiary/aromatic N) is 3. The lowest BCUT2D eigenvalue weighted by Gasteiger charge is -2.17. The average molecular weight is 370 g/mol. The Labute approximate surface area is 155 Å². The van der Waals surface area contributed by atoms with Crippen molar-refractivity contribution in [3.05, 3.63) is 53.4 Å². The standard InChI is InChI=1S/C18H16ClN5O2/c1-26-17-12(19)3-2-4-13(17)22-15-14(11-5-7-20-8-6-11)23-24-10-9-21-18(25)16(15)24/h2-8,22H,9-10H2,1H3,(H,21,25). The molecule has 0 atom stereocenters. The first kappa shape index (κ1) is 16.4. The molecule has 7 nitrogen and oxygen atoms in total. The Morgan fingerprint density at radius 1 is 1.27 bits per heavy atom. The number of methoxy groups -OCH3 is 1. The summed E-state index contributed by atoms with van der Waals surface area (Å²) in [6.45, 7) is 1.15. The summed E-state index contributed by atoms with van der Waals surface area (Å²) in [5, 5.41) is 11.3. The molecule has 132 valence electrons. The smallest absolute Gasteiger partial charge is 0.271 e. The molecule has 1 aliphatic heterocycles. The second-order valence-electron chi connectivity index (χ2n) is 5.73. The Bertz CT molecular complexity index is 971. The van der Waals surface area contributed by atoms with Crippen molar-refractivity contribution in [2.45, 2.75) is 6.54 Å². The Kier molecular flexibility index (Phi) is 4.22. The highest BCUT2D eigenvalue weighted by molar-refractivity contribution is 6.32. The van der Waals surface area contributed by atoms with Crippen molar-refractivity contribution in [3.8, 4) is 17.0 Å². The number of anilines is 2. The van der Waals surface area contributed by atoms with Crippen LogP contribution in [-0.2, 0) is 6.54 Å². The van der Waals surface area contributed by atoms with Gasteiger partial charge in [0.05, 0.1) is 30.1 Å². The van der Waals surface area contributed by atoms with E-state index in [0.29, 0.717) is 46.6 Å². The molecule has 0 unspecified atom stereocenters. The first-order valence-corrected chi connectivity index (χ1v) is 8.45. The zero-order valence-electron chi connectivity index (χ0n) is 14.0. The summed E-state index contributed by atoms with van der Waals surface area (Å²) in [4.78, 5) is 16.5. The molecule has 0 bridgehead atoms. The van der Waals surface area contributed by atoms with Crippen molar-refractivity contribution in [1.82, 2.24) is 20.1 Å². The average Bonchev–Trinajstić information content (AvgIpc) is 3.02. The van der Waals surface area contributed by atoms with Gasteiger partial charge in [-0.05, 0) is 24.3 Å². The summed E-state index contributed by atoms with van der Waals surface area (Å²) in [5.74, 6) is 0.332. The lowest BCUT2D eigenvalue weighted by molar-refractivity contribution is 0.0925. The summed E-state index contributed by atoms with van der Waals surface area (Å²) in [6.07, 6.45) is 3.38. The summed E-state index contributed by atoms with van der Waals surface area (Å²) < 4.78 is 7.13. The molecular weight excluding hydrogens is 354 g/mol. The molecule has 0 saturated heterocycles. The maximum atomic E-state index is 12.5. The number of fused-ring (bicyclic) bond motifs is 1. The molecule has 0 aliphatic carbocycles. The third-order valence-corrected chi connectivity index (χ3v) is 4.46. The van der Waals surface area contributed by atoms with Gasteiger partial charge in [0.15, 0.2) is 5.75 Å². The lowest BCUT2D eigenvalue weighted by atomic mass is 10.1. The lowest BCUT2D eigenvalue weighted by Crippen LogP contribution is -2.35. The fourth-order valence-electron chi connectivity index (χ4n) is 2.99. The predicted molar refractivity (Wildman–Crippen MR) is 99.1 cm³/mol. The van der Waals surface area contributed by atoms with Crippen LogP contribution in [0.1, 0.15) is 10.5 Å². The number of carbonyl (C=O) groups is 1. The van der Waals surface area contributed by atoms with Gasteiger partial charge in [-0.2, -0.15) is 5.10 Å². The summed E-state index contributed by atoms with van der Waals surface area (Å²) in [6, 6.07) is 9.11. The highest BCUT2D eigenvalue weighted by Crippen LogP contribution is 2.39. The molecule has 0 fully saturated rings. The normalized spacial score (nSPS) is 13.1. The molecule has 3 heterocycles. The van der Waals surface area contributed by atoms with E-state index in [9.17, 15) is 4.79 Å². The minimum atomic E-state index is -0.174. The Hall–Kier alpha value is -3.06. The molecule has 26 heavy (non-hydrogen) atoms. The fourth-order valence-corrected chi connectivity index (χ4v) is 3.24. The van der Waals surface area contributed by atoms with E-state index in [2.05, 4.69) is 20.7 Å². The molecule has 1 aliphatic rings. The van der Waals surface area contributed by atoms with Gasteiger partial charge in [-0.15, -0.1) is 0 Å². The van der Waals surface area contributed by atoms with Crippen molar-refractivity contribution in [2.75, 3.05) is 19.0 Å². The van der Waals surface area contributed by atoms with Gasteiger partial charge in [-0.25, -0.2) is 0 Å². The van der Waals surface area contributed by atoms with Crippen molar-refractivity contribution < 1.29 is 9.53 Å². The van der Waals surface area contributed by atoms with Gasteiger partial charge in [0, 0.05) is 24.5 Å². The molecular formula is C18H16ClN5O2. The fraction of sp³-hybridized carbons (Fsp3) is 0.167. The van der Waals surface area contributed by atoms with Crippen LogP contribution < -0.4 is 15.4 Å². The van der Waals surface area contributed by atoms with E-state index in [1.807, 2.05) is 24.3 Å². The third-order valence-electron chi connectivity index (χ3n) is 4.16. The first-order chi connectivity index (χ1) is 12.7. The van der Waals surface area contributed by atoms with Gasteiger partial charge >= 0.3 is 0 Å². The van der Waals surface area contributed by atoms with E-state index in [1.165, 1.54) is 0 Å². The maximum Gasteiger partial charge on any atom is 0.271 e. The number of aromatic nitrogens is 3. The van der Waals surface area contributed by atoms with Crippen LogP contribution in [0.5, 0.6) is 5.75 Å². The Balaban J connectivity index is 1.88. The third kappa shape index (κ3) is 2.76. The van der Waals surface area contributed by atoms with E-state index in [1.54, 1.807) is 30.3 Å². The maximum absolute atomic E-state index is 12.5. The van der Waals surface area contributed by atoms with Gasteiger partial charge in [-0.1, -0.05) is 17.7 Å². The molecule has 1 aromatic carbocycles. The molecule has 8 heteroatoms. The van der Waals surface area contributed by atoms with Crippen LogP contribution in [0.25, 0.3) is 11.3 Å². The van der Waals surface area contributed by atoms with Crippen molar-refractivity contribution in [1.29, 1.82) is 0 Å². The van der Waals surface area contributed by atoms with Crippen LogP contribution in [0.3, 0.4) is 0 Å². The van der Waals surface area contributed by atoms with Gasteiger partial charge < -0.3 is 15.4 Å². The number of nitrogens with one attached hydrogen (secondary N) is 2. The Morgan fingerprint density at radius 3 is 2.85 bits per heavy atom. The number of carbonyl (C=O) groups excluding carboxylic acids is 1. The first-order valence-electron chi connectivity index (χ1n) is 8.08. The van der Waals surface area contributed by atoms with Gasteiger partial charge in [0.1, 0.15) is 11.4 Å². The zero-order chi connectivity index (χ0) is 18.1. The molecule has 2 N–H and O–H groups in total. The number of benzene rings is 1. The second-order valence-corrected chi connectivity index (χ2v) is 6.14. The zero-order valence-corrected chi connectivity index (χ0v) is 14.7. The van der Waals surface area contributed by atoms with Crippen LogP contribution in [0, 0.1) is 0 Å². The van der Waals surface area contributed by atoms with Gasteiger partial charge in [0.25, 0.3) is 5.91 Å². The molecule has 0 spiro atoms. The SMILES string of the molecule is COc1c(Cl)cccc1Nc1c(-c2ccncc2)nn2c1C(=O)NCC2. The topological polar surface area (TPSA) is 81.1 Å². The number of hydrogen-bond donors (Lipinski definition) is 2. The number of halogens is 1. The molecule has 0 saturated carbocycles. The Morgan fingerprint density at radius 2 is 2.08 bits per heavy atom. The number of para-hydroxylation sites is 1. The predicted octanol–water partition coefficient (Wildman–Crippen LogP) is 3.09. The second kappa shape index (κ2) is 6.68. The van der Waals surface area contributed by atoms with E-state index >= 15 is 0 Å². The van der Waals surface area contributed by atoms with E-state index in [-0.39, 0.29) is 5.91 Å². The largest absolute Gasteiger partial charge is 0.493 e. The van der Waals surface area contributed by atoms with Crippen molar-refractivity contribution in [3.63, 3.8) is 0 Å². The highest BCUT2D eigenvalue weighted by Gasteiger charge is 2.28. The van der Waals surface area contributed by atoms with Crippen molar-refractivity contribution >= 4 is 28.9 Å². The highest BCUT2D eigenvalue weighted by atomic mass is 35.5. The summed E-state index contributed by atoms with van der Waals surface area (Å²) >= 11 is 6.23. The van der Waals surface area contributed by atoms with Crippen molar-refractivity contribution in [2.24, 2.45) is 0 Å². The quantitative estimate of drug-likeness (QED) is 0.738. The summed E-state index contributed by atoms with van der Waals surface area (Å²) in [5.41, 5.74) is 3.27. The molecule has 3 aromatic rings. The minimum absolute atomic E-state index is 0.174. The summed E-state index contributed by atoms with van der Waals surface area (Å²) in [7, 11) is 1.55. The van der Waals surface area contributed by atoms with E-state index in [4.69, 9.17) is 16.3 Å². The van der Waals surface area contributed by atoms with E-state index < -0.39 is 0 Å². The van der Waals surface area contributed by atoms with Crippen LogP contribution in [0.4, 0.5) is 11.4 Å². The van der Waals surface area contributed by atoms with Crippen LogP contribution in [-0.4, -0.2) is 34.3 Å². The molecule has 1 amide bonds. The molecule has 2 aromatic heterocycles. The molecule has 4 rings (SSSR count). The van der Waals surface area contributed by atoms with E-state index in [0.717, 1.165) is 5.56 Å². The number of pyridine rings is 1. The number of rotatable bonds is 4. The monoisotopic (exact) mass is 369 g/mol. The van der Waals surface area contributed by atoms with Crippen LogP contribution in [0.2, 0.25) is 5.02 Å². The minimum Gasteiger partial charge on any atom is -0.493 e. The van der Waals surface area contributed by atoms with Crippen LogP contribution in [0.15, 0.2) is 42.7 Å². The number of ether oxygens (including phenoxy) is 1.